The molecule has 0 aliphatic rings. The summed E-state index contributed by atoms with van der Waals surface area (Å²) in [5.41, 5.74) is -0.0521. The SMILES string of the molecule is CCN(CC)C(C)(CO)C(C)C. The van der Waals surface area contributed by atoms with Crippen molar-refractivity contribution in [2.75, 3.05) is 19.7 Å². The zero-order valence-corrected chi connectivity index (χ0v) is 9.09. The van der Waals surface area contributed by atoms with Gasteiger partial charge in [-0.15, -0.1) is 0 Å². The van der Waals surface area contributed by atoms with E-state index in [1.807, 2.05) is 0 Å². The van der Waals surface area contributed by atoms with Gasteiger partial charge in [0.25, 0.3) is 0 Å². The molecule has 1 atom stereocenters. The second kappa shape index (κ2) is 4.83. The molecule has 1 unspecified atom stereocenters. The maximum Gasteiger partial charge on any atom is 0.0615 e. The molecule has 12 heavy (non-hydrogen) atoms. The molecule has 0 aliphatic carbocycles. The van der Waals surface area contributed by atoms with E-state index in [0.29, 0.717) is 5.92 Å². The van der Waals surface area contributed by atoms with E-state index in [1.54, 1.807) is 0 Å². The lowest BCUT2D eigenvalue weighted by Crippen LogP contribution is -2.52. The highest BCUT2D eigenvalue weighted by Crippen LogP contribution is 2.23. The summed E-state index contributed by atoms with van der Waals surface area (Å²) in [4.78, 5) is 2.32. The van der Waals surface area contributed by atoms with Crippen LogP contribution in [-0.4, -0.2) is 35.2 Å². The minimum atomic E-state index is -0.0521. The highest BCUT2D eigenvalue weighted by molar-refractivity contribution is 4.87. The van der Waals surface area contributed by atoms with Gasteiger partial charge in [-0.05, 0) is 25.9 Å². The third-order valence-corrected chi connectivity index (χ3v) is 3.05. The van der Waals surface area contributed by atoms with Crippen LogP contribution in [0.15, 0.2) is 0 Å². The number of aliphatic hydroxyl groups excluding tert-OH is 1. The summed E-state index contributed by atoms with van der Waals surface area (Å²) in [5, 5.41) is 9.35. The van der Waals surface area contributed by atoms with Crippen LogP contribution in [0.25, 0.3) is 0 Å². The van der Waals surface area contributed by atoms with Crippen LogP contribution in [0.5, 0.6) is 0 Å². The van der Waals surface area contributed by atoms with Crippen molar-refractivity contribution in [3.8, 4) is 0 Å². The van der Waals surface area contributed by atoms with Gasteiger partial charge in [-0.1, -0.05) is 27.7 Å². The van der Waals surface area contributed by atoms with Gasteiger partial charge in [0, 0.05) is 5.54 Å². The van der Waals surface area contributed by atoms with E-state index in [-0.39, 0.29) is 12.1 Å². The fourth-order valence-corrected chi connectivity index (χ4v) is 1.59. The zero-order chi connectivity index (χ0) is 9.78. The molecule has 0 heterocycles. The molecular formula is C10H23NO. The quantitative estimate of drug-likeness (QED) is 0.684. The van der Waals surface area contributed by atoms with E-state index in [4.69, 9.17) is 0 Å². The molecule has 0 aromatic carbocycles. The van der Waals surface area contributed by atoms with Crippen LogP contribution in [0.3, 0.4) is 0 Å². The largest absolute Gasteiger partial charge is 0.394 e. The summed E-state index contributed by atoms with van der Waals surface area (Å²) in [6, 6.07) is 0. The first-order valence-corrected chi connectivity index (χ1v) is 4.88. The van der Waals surface area contributed by atoms with Crippen molar-refractivity contribution in [3.05, 3.63) is 0 Å². The van der Waals surface area contributed by atoms with Crippen molar-refractivity contribution in [2.24, 2.45) is 5.92 Å². The molecule has 2 nitrogen and oxygen atoms in total. The molecule has 0 aromatic rings. The van der Waals surface area contributed by atoms with Crippen molar-refractivity contribution in [1.82, 2.24) is 4.90 Å². The van der Waals surface area contributed by atoms with E-state index >= 15 is 0 Å². The third kappa shape index (κ3) is 2.20. The third-order valence-electron chi connectivity index (χ3n) is 3.05. The topological polar surface area (TPSA) is 23.5 Å². The first-order valence-electron chi connectivity index (χ1n) is 4.88. The molecule has 0 saturated carbocycles. The van der Waals surface area contributed by atoms with Gasteiger partial charge in [0.05, 0.1) is 6.61 Å². The number of likely N-dealkylation sites (N-methyl/N-ethyl adjacent to an activating group) is 1. The van der Waals surface area contributed by atoms with Gasteiger partial charge in [-0.2, -0.15) is 0 Å². The molecular weight excluding hydrogens is 150 g/mol. The number of nitrogens with zero attached hydrogens (tertiary/aromatic N) is 1. The van der Waals surface area contributed by atoms with Crippen LogP contribution in [0.4, 0.5) is 0 Å². The monoisotopic (exact) mass is 173 g/mol. The molecule has 0 amide bonds. The van der Waals surface area contributed by atoms with Gasteiger partial charge in [0.15, 0.2) is 0 Å². The summed E-state index contributed by atoms with van der Waals surface area (Å²) in [6.45, 7) is 13.0. The lowest BCUT2D eigenvalue weighted by atomic mass is 9.87. The van der Waals surface area contributed by atoms with Crippen molar-refractivity contribution < 1.29 is 5.11 Å². The summed E-state index contributed by atoms with van der Waals surface area (Å²) < 4.78 is 0. The van der Waals surface area contributed by atoms with Crippen LogP contribution in [0.1, 0.15) is 34.6 Å². The maximum atomic E-state index is 9.35. The predicted octanol–water partition coefficient (Wildman–Crippen LogP) is 1.74. The van der Waals surface area contributed by atoms with Crippen LogP contribution in [-0.2, 0) is 0 Å². The van der Waals surface area contributed by atoms with E-state index in [2.05, 4.69) is 39.5 Å². The fraction of sp³-hybridized carbons (Fsp3) is 1.00. The highest BCUT2D eigenvalue weighted by Gasteiger charge is 2.32. The maximum absolute atomic E-state index is 9.35. The molecule has 0 fully saturated rings. The van der Waals surface area contributed by atoms with E-state index in [1.165, 1.54) is 0 Å². The molecule has 0 saturated heterocycles. The number of aliphatic hydroxyl groups is 1. The van der Waals surface area contributed by atoms with Gasteiger partial charge < -0.3 is 5.11 Å². The Bertz CT molecular complexity index is 121. The Morgan fingerprint density at radius 2 is 1.67 bits per heavy atom. The number of hydrogen-bond donors (Lipinski definition) is 1. The smallest absolute Gasteiger partial charge is 0.0615 e. The molecule has 2 heteroatoms. The Balaban J connectivity index is 4.47. The van der Waals surface area contributed by atoms with Gasteiger partial charge in [-0.3, -0.25) is 4.90 Å². The Labute approximate surface area is 76.6 Å². The molecule has 74 valence electrons. The van der Waals surface area contributed by atoms with Gasteiger partial charge >= 0.3 is 0 Å². The van der Waals surface area contributed by atoms with Crippen molar-refractivity contribution in [2.45, 2.75) is 40.2 Å². The summed E-state index contributed by atoms with van der Waals surface area (Å²) in [7, 11) is 0. The lowest BCUT2D eigenvalue weighted by molar-refractivity contribution is 0.0151. The molecule has 0 aromatic heterocycles. The van der Waals surface area contributed by atoms with E-state index < -0.39 is 0 Å². The molecule has 0 aliphatic heterocycles. The van der Waals surface area contributed by atoms with E-state index in [9.17, 15) is 5.11 Å². The minimum Gasteiger partial charge on any atom is -0.394 e. The first-order chi connectivity index (χ1) is 5.52. The second-order valence-corrected chi connectivity index (χ2v) is 3.84. The van der Waals surface area contributed by atoms with Gasteiger partial charge in [-0.25, -0.2) is 0 Å². The zero-order valence-electron chi connectivity index (χ0n) is 9.09. The molecule has 0 bridgehead atoms. The van der Waals surface area contributed by atoms with Crippen molar-refractivity contribution in [3.63, 3.8) is 0 Å². The standard InChI is InChI=1S/C10H23NO/c1-6-11(7-2)10(5,8-12)9(3)4/h9,12H,6-8H2,1-5H3. The van der Waals surface area contributed by atoms with Gasteiger partial charge in [0.2, 0.25) is 0 Å². The number of rotatable bonds is 5. The highest BCUT2D eigenvalue weighted by atomic mass is 16.3. The van der Waals surface area contributed by atoms with Crippen molar-refractivity contribution >= 4 is 0 Å². The summed E-state index contributed by atoms with van der Waals surface area (Å²) in [5.74, 6) is 0.488. The number of hydrogen-bond acceptors (Lipinski definition) is 2. The van der Waals surface area contributed by atoms with Crippen molar-refractivity contribution in [1.29, 1.82) is 0 Å². The summed E-state index contributed by atoms with van der Waals surface area (Å²) in [6.07, 6.45) is 0. The lowest BCUT2D eigenvalue weighted by Gasteiger charge is -2.42. The molecule has 0 rings (SSSR count). The fourth-order valence-electron chi connectivity index (χ4n) is 1.59. The van der Waals surface area contributed by atoms with Crippen LogP contribution >= 0.6 is 0 Å². The Kier molecular flexibility index (Phi) is 4.80. The first kappa shape index (κ1) is 11.9. The van der Waals surface area contributed by atoms with Crippen LogP contribution < -0.4 is 0 Å². The normalized spacial score (nSPS) is 17.0. The van der Waals surface area contributed by atoms with Gasteiger partial charge in [0.1, 0.15) is 0 Å². The Morgan fingerprint density at radius 1 is 1.25 bits per heavy atom. The van der Waals surface area contributed by atoms with E-state index in [0.717, 1.165) is 13.1 Å². The minimum absolute atomic E-state index is 0.0521. The average molecular weight is 173 g/mol. The second-order valence-electron chi connectivity index (χ2n) is 3.84. The Morgan fingerprint density at radius 3 is 1.75 bits per heavy atom. The predicted molar refractivity (Wildman–Crippen MR) is 53.2 cm³/mol. The Hall–Kier alpha value is -0.0800. The van der Waals surface area contributed by atoms with Crippen LogP contribution in [0.2, 0.25) is 0 Å². The molecule has 0 radical (unpaired) electrons. The molecule has 0 spiro atoms. The summed E-state index contributed by atoms with van der Waals surface area (Å²) >= 11 is 0. The molecule has 1 N–H and O–H groups in total. The average Bonchev–Trinajstić information content (AvgIpc) is 2.05. The van der Waals surface area contributed by atoms with Crippen LogP contribution in [0, 0.1) is 5.92 Å².